The minimum absolute atomic E-state index is 0.225. The molecule has 3 rings (SSSR count). The van der Waals surface area contributed by atoms with Gasteiger partial charge < -0.3 is 15.4 Å². The van der Waals surface area contributed by atoms with Crippen LogP contribution in [0.4, 0.5) is 5.69 Å². The molecule has 1 heterocycles. The number of hydrogen-bond donors (Lipinski definition) is 1. The van der Waals surface area contributed by atoms with Crippen LogP contribution < -0.4 is 5.73 Å². The molecule has 1 unspecified atom stereocenters. The van der Waals surface area contributed by atoms with Crippen LogP contribution in [0.15, 0.2) is 24.3 Å². The molecule has 1 aliphatic carbocycles. The molecule has 0 bridgehead atoms. The summed E-state index contributed by atoms with van der Waals surface area (Å²) >= 11 is 0. The summed E-state index contributed by atoms with van der Waals surface area (Å²) in [7, 11) is 0. The molecule has 0 spiro atoms. The zero-order valence-electron chi connectivity index (χ0n) is 12.0. The normalized spacial score (nSPS) is 24.4. The van der Waals surface area contributed by atoms with E-state index in [0.717, 1.165) is 30.5 Å². The fourth-order valence-corrected chi connectivity index (χ4v) is 3.09. The second kappa shape index (κ2) is 5.09. The topological polar surface area (TPSA) is 55.6 Å². The maximum atomic E-state index is 13.0. The minimum atomic E-state index is -0.293. The lowest BCUT2D eigenvalue weighted by atomic mass is 9.93. The van der Waals surface area contributed by atoms with Gasteiger partial charge in [-0.1, -0.05) is 19.1 Å². The molecule has 1 atom stereocenters. The smallest absolute Gasteiger partial charge is 0.233 e. The Morgan fingerprint density at radius 3 is 2.70 bits per heavy atom. The number of carbonyl (C=O) groups is 1. The summed E-state index contributed by atoms with van der Waals surface area (Å²) < 4.78 is 5.50. The summed E-state index contributed by atoms with van der Waals surface area (Å²) in [6.45, 7) is 4.15. The van der Waals surface area contributed by atoms with Gasteiger partial charge in [0.15, 0.2) is 0 Å². The van der Waals surface area contributed by atoms with Crippen molar-refractivity contribution in [3.63, 3.8) is 0 Å². The van der Waals surface area contributed by atoms with Crippen molar-refractivity contribution in [1.29, 1.82) is 0 Å². The van der Waals surface area contributed by atoms with Gasteiger partial charge in [-0.15, -0.1) is 0 Å². The molecule has 2 aliphatic rings. The van der Waals surface area contributed by atoms with Gasteiger partial charge in [-0.2, -0.15) is 0 Å². The molecule has 1 saturated carbocycles. The molecule has 1 aliphatic heterocycles. The summed E-state index contributed by atoms with van der Waals surface area (Å²) in [5, 5.41) is 0. The first-order valence-electron chi connectivity index (χ1n) is 7.42. The second-order valence-corrected chi connectivity index (χ2v) is 5.84. The molecule has 0 aromatic heterocycles. The Morgan fingerprint density at radius 2 is 2.10 bits per heavy atom. The lowest BCUT2D eigenvalue weighted by molar-refractivity contribution is -0.142. The molecule has 1 saturated heterocycles. The monoisotopic (exact) mass is 274 g/mol. The second-order valence-electron chi connectivity index (χ2n) is 5.84. The molecule has 4 nitrogen and oxygen atoms in total. The van der Waals surface area contributed by atoms with Crippen molar-refractivity contribution in [2.45, 2.75) is 37.6 Å². The van der Waals surface area contributed by atoms with E-state index in [1.54, 1.807) is 0 Å². The third-order valence-corrected chi connectivity index (χ3v) is 4.58. The molecule has 4 heteroatoms. The number of anilines is 1. The fraction of sp³-hybridized carbons (Fsp3) is 0.562. The molecule has 1 aromatic rings. The average Bonchev–Trinajstić information content (AvgIpc) is 3.29. The highest BCUT2D eigenvalue weighted by molar-refractivity contribution is 5.91. The van der Waals surface area contributed by atoms with Crippen LogP contribution in [0.5, 0.6) is 0 Å². The first kappa shape index (κ1) is 13.4. The Labute approximate surface area is 119 Å². The highest BCUT2D eigenvalue weighted by atomic mass is 16.5. The van der Waals surface area contributed by atoms with Gasteiger partial charge in [-0.05, 0) is 37.0 Å². The zero-order valence-corrected chi connectivity index (χ0v) is 12.0. The summed E-state index contributed by atoms with van der Waals surface area (Å²) in [5.41, 5.74) is 7.30. The summed E-state index contributed by atoms with van der Waals surface area (Å²) in [6, 6.07) is 8.00. The number of rotatable bonds is 3. The van der Waals surface area contributed by atoms with Gasteiger partial charge in [0.25, 0.3) is 0 Å². The number of nitrogens with zero attached hydrogens (tertiary/aromatic N) is 1. The van der Waals surface area contributed by atoms with Crippen molar-refractivity contribution in [2.24, 2.45) is 0 Å². The number of nitrogen functional groups attached to an aromatic ring is 1. The van der Waals surface area contributed by atoms with Crippen LogP contribution in [-0.4, -0.2) is 36.6 Å². The van der Waals surface area contributed by atoms with E-state index >= 15 is 0 Å². The SMILES string of the molecule is CCC1COCCN1C(=O)C1(c2ccc(N)cc2)CC1. The molecule has 0 radical (unpaired) electrons. The lowest BCUT2D eigenvalue weighted by Gasteiger charge is -2.37. The average molecular weight is 274 g/mol. The molecule has 1 amide bonds. The van der Waals surface area contributed by atoms with Crippen LogP contribution in [0.25, 0.3) is 0 Å². The first-order valence-corrected chi connectivity index (χ1v) is 7.42. The quantitative estimate of drug-likeness (QED) is 0.857. The van der Waals surface area contributed by atoms with Crippen LogP contribution in [0.3, 0.4) is 0 Å². The summed E-state index contributed by atoms with van der Waals surface area (Å²) in [6.07, 6.45) is 2.84. The molecule has 20 heavy (non-hydrogen) atoms. The van der Waals surface area contributed by atoms with Gasteiger partial charge >= 0.3 is 0 Å². The molecule has 2 fully saturated rings. The number of morpholine rings is 1. The summed E-state index contributed by atoms with van der Waals surface area (Å²) in [4.78, 5) is 15.0. The van der Waals surface area contributed by atoms with Gasteiger partial charge in [-0.3, -0.25) is 4.79 Å². The maximum absolute atomic E-state index is 13.0. The number of ether oxygens (including phenoxy) is 1. The zero-order chi connectivity index (χ0) is 14.2. The van der Waals surface area contributed by atoms with Crippen molar-refractivity contribution >= 4 is 11.6 Å². The molecule has 2 N–H and O–H groups in total. The van der Waals surface area contributed by atoms with E-state index in [0.29, 0.717) is 19.8 Å². The third-order valence-electron chi connectivity index (χ3n) is 4.58. The molecular weight excluding hydrogens is 252 g/mol. The molecule has 1 aromatic carbocycles. The van der Waals surface area contributed by atoms with Crippen molar-refractivity contribution in [3.8, 4) is 0 Å². The van der Waals surface area contributed by atoms with E-state index in [4.69, 9.17) is 10.5 Å². The Hall–Kier alpha value is -1.55. The van der Waals surface area contributed by atoms with Crippen LogP contribution in [0.1, 0.15) is 31.7 Å². The fourth-order valence-electron chi connectivity index (χ4n) is 3.09. The van der Waals surface area contributed by atoms with Gasteiger partial charge in [0.2, 0.25) is 5.91 Å². The van der Waals surface area contributed by atoms with Crippen LogP contribution in [-0.2, 0) is 14.9 Å². The van der Waals surface area contributed by atoms with Crippen LogP contribution in [0, 0.1) is 0 Å². The largest absolute Gasteiger partial charge is 0.399 e. The third kappa shape index (κ3) is 2.18. The maximum Gasteiger partial charge on any atom is 0.233 e. The lowest BCUT2D eigenvalue weighted by Crippen LogP contribution is -2.51. The Morgan fingerprint density at radius 1 is 1.40 bits per heavy atom. The van der Waals surface area contributed by atoms with E-state index in [1.807, 2.05) is 29.2 Å². The van der Waals surface area contributed by atoms with E-state index < -0.39 is 0 Å². The van der Waals surface area contributed by atoms with Gasteiger partial charge in [0.05, 0.1) is 24.7 Å². The highest BCUT2D eigenvalue weighted by Gasteiger charge is 2.53. The Balaban J connectivity index is 1.83. The number of hydrogen-bond acceptors (Lipinski definition) is 3. The number of amides is 1. The van der Waals surface area contributed by atoms with Crippen molar-refractivity contribution in [2.75, 3.05) is 25.5 Å². The van der Waals surface area contributed by atoms with Crippen LogP contribution in [0.2, 0.25) is 0 Å². The Bertz CT molecular complexity index is 494. The van der Waals surface area contributed by atoms with E-state index in [2.05, 4.69) is 6.92 Å². The Kier molecular flexibility index (Phi) is 3.42. The van der Waals surface area contributed by atoms with Crippen molar-refractivity contribution in [3.05, 3.63) is 29.8 Å². The van der Waals surface area contributed by atoms with E-state index in [-0.39, 0.29) is 17.4 Å². The number of carbonyl (C=O) groups excluding carboxylic acids is 1. The van der Waals surface area contributed by atoms with E-state index in [1.165, 1.54) is 0 Å². The molecule has 108 valence electrons. The van der Waals surface area contributed by atoms with Crippen molar-refractivity contribution < 1.29 is 9.53 Å². The van der Waals surface area contributed by atoms with E-state index in [9.17, 15) is 4.79 Å². The first-order chi connectivity index (χ1) is 9.67. The van der Waals surface area contributed by atoms with Crippen molar-refractivity contribution in [1.82, 2.24) is 4.90 Å². The van der Waals surface area contributed by atoms with Gasteiger partial charge in [0, 0.05) is 12.2 Å². The number of nitrogens with two attached hydrogens (primary N) is 1. The van der Waals surface area contributed by atoms with Gasteiger partial charge in [-0.25, -0.2) is 0 Å². The summed E-state index contributed by atoms with van der Waals surface area (Å²) in [5.74, 6) is 0.275. The molecular formula is C16H22N2O2. The standard InChI is InChI=1S/C16H22N2O2/c1-2-14-11-20-10-9-18(14)15(19)16(7-8-16)12-3-5-13(17)6-4-12/h3-6,14H,2,7-11,17H2,1H3. The minimum Gasteiger partial charge on any atom is -0.399 e. The van der Waals surface area contributed by atoms with Gasteiger partial charge in [0.1, 0.15) is 0 Å². The highest BCUT2D eigenvalue weighted by Crippen LogP contribution is 2.50. The predicted octanol–water partition coefficient (Wildman–Crippen LogP) is 1.94. The van der Waals surface area contributed by atoms with Crippen LogP contribution >= 0.6 is 0 Å². The predicted molar refractivity (Wildman–Crippen MR) is 78.4 cm³/mol. The number of benzene rings is 1.